The maximum atomic E-state index is 12.0. The molecule has 6 heteroatoms. The Balaban J connectivity index is 2.07. The van der Waals surface area contributed by atoms with Gasteiger partial charge in [0.25, 0.3) is 5.91 Å². The van der Waals surface area contributed by atoms with E-state index in [9.17, 15) is 4.79 Å². The topological polar surface area (TPSA) is 84.1 Å². The molecule has 0 spiro atoms. The molecule has 1 amide bonds. The molecule has 0 bridgehead atoms. The van der Waals surface area contributed by atoms with Gasteiger partial charge in [-0.2, -0.15) is 4.98 Å². The van der Waals surface area contributed by atoms with Gasteiger partial charge in [-0.15, -0.1) is 0 Å². The number of fused-ring (bicyclic) bond motifs is 1. The van der Waals surface area contributed by atoms with E-state index in [4.69, 9.17) is 5.73 Å². The summed E-state index contributed by atoms with van der Waals surface area (Å²) in [6.07, 6.45) is 1.85. The third-order valence-corrected chi connectivity index (χ3v) is 3.58. The van der Waals surface area contributed by atoms with Crippen LogP contribution in [0.2, 0.25) is 0 Å². The van der Waals surface area contributed by atoms with Crippen LogP contribution in [0.3, 0.4) is 0 Å². The number of nitrogens with one attached hydrogen (secondary N) is 1. The van der Waals surface area contributed by atoms with Crippen LogP contribution in [-0.4, -0.2) is 35.5 Å². The van der Waals surface area contributed by atoms with Gasteiger partial charge in [-0.3, -0.25) is 4.79 Å². The van der Waals surface area contributed by atoms with Crippen molar-refractivity contribution in [3.05, 3.63) is 11.3 Å². The quantitative estimate of drug-likeness (QED) is 0.740. The Labute approximate surface area is 106 Å². The summed E-state index contributed by atoms with van der Waals surface area (Å²) in [4.78, 5) is 22.6. The molecule has 1 aromatic heterocycles. The second-order valence-corrected chi connectivity index (χ2v) is 5.07. The molecule has 18 heavy (non-hydrogen) atoms. The Kier molecular flexibility index (Phi) is 2.57. The SMILES string of the molecule is CC1CCN(c2nc(N)nc3c2C(=O)NCC3)C1. The number of nitrogens with two attached hydrogens (primary N) is 1. The van der Waals surface area contributed by atoms with Crippen molar-refractivity contribution < 1.29 is 4.79 Å². The van der Waals surface area contributed by atoms with Crippen LogP contribution < -0.4 is 16.0 Å². The molecule has 0 aromatic carbocycles. The van der Waals surface area contributed by atoms with Crippen molar-refractivity contribution in [2.75, 3.05) is 30.3 Å². The number of hydrogen-bond acceptors (Lipinski definition) is 5. The smallest absolute Gasteiger partial charge is 0.256 e. The molecule has 1 fully saturated rings. The van der Waals surface area contributed by atoms with E-state index >= 15 is 0 Å². The molecule has 0 saturated carbocycles. The summed E-state index contributed by atoms with van der Waals surface area (Å²) in [7, 11) is 0. The van der Waals surface area contributed by atoms with E-state index in [0.717, 1.165) is 31.6 Å². The molecule has 0 aliphatic carbocycles. The molecule has 6 nitrogen and oxygen atoms in total. The first-order chi connectivity index (χ1) is 8.65. The maximum Gasteiger partial charge on any atom is 0.256 e. The molecule has 3 heterocycles. The van der Waals surface area contributed by atoms with Crippen molar-refractivity contribution in [1.29, 1.82) is 0 Å². The molecule has 2 aliphatic rings. The van der Waals surface area contributed by atoms with E-state index in [1.807, 2.05) is 0 Å². The maximum absolute atomic E-state index is 12.0. The van der Waals surface area contributed by atoms with Crippen LogP contribution in [0, 0.1) is 5.92 Å². The highest BCUT2D eigenvalue weighted by Gasteiger charge is 2.29. The Hall–Kier alpha value is -1.85. The van der Waals surface area contributed by atoms with Gasteiger partial charge in [-0.05, 0) is 12.3 Å². The normalized spacial score (nSPS) is 22.8. The summed E-state index contributed by atoms with van der Waals surface area (Å²) in [6.45, 7) is 4.68. The third kappa shape index (κ3) is 1.77. The highest BCUT2D eigenvalue weighted by molar-refractivity contribution is 6.01. The summed E-state index contributed by atoms with van der Waals surface area (Å²) < 4.78 is 0. The van der Waals surface area contributed by atoms with Crippen LogP contribution in [0.4, 0.5) is 11.8 Å². The van der Waals surface area contributed by atoms with Crippen LogP contribution in [0.15, 0.2) is 0 Å². The van der Waals surface area contributed by atoms with Gasteiger partial charge in [0, 0.05) is 26.1 Å². The van der Waals surface area contributed by atoms with Crippen LogP contribution in [0.1, 0.15) is 29.4 Å². The van der Waals surface area contributed by atoms with Gasteiger partial charge in [-0.1, -0.05) is 6.92 Å². The summed E-state index contributed by atoms with van der Waals surface area (Å²) >= 11 is 0. The van der Waals surface area contributed by atoms with Gasteiger partial charge in [-0.25, -0.2) is 4.98 Å². The van der Waals surface area contributed by atoms with Crippen molar-refractivity contribution in [2.24, 2.45) is 5.92 Å². The van der Waals surface area contributed by atoms with Gasteiger partial charge < -0.3 is 16.0 Å². The molecule has 1 saturated heterocycles. The molecule has 3 rings (SSSR count). The number of carbonyl (C=O) groups excluding carboxylic acids is 1. The van der Waals surface area contributed by atoms with Crippen LogP contribution in [0.25, 0.3) is 0 Å². The molecule has 2 aliphatic heterocycles. The number of nitrogens with zero attached hydrogens (tertiary/aromatic N) is 3. The lowest BCUT2D eigenvalue weighted by Gasteiger charge is -2.24. The fraction of sp³-hybridized carbons (Fsp3) is 0.583. The first-order valence-corrected chi connectivity index (χ1v) is 6.34. The number of anilines is 2. The predicted octanol–water partition coefficient (Wildman–Crippen LogP) is 0.191. The van der Waals surface area contributed by atoms with Crippen LogP contribution >= 0.6 is 0 Å². The lowest BCUT2D eigenvalue weighted by Crippen LogP contribution is -2.36. The highest BCUT2D eigenvalue weighted by atomic mass is 16.1. The van der Waals surface area contributed by atoms with Gasteiger partial charge in [0.15, 0.2) is 0 Å². The van der Waals surface area contributed by atoms with Crippen molar-refractivity contribution >= 4 is 17.7 Å². The Morgan fingerprint density at radius 2 is 2.28 bits per heavy atom. The van der Waals surface area contributed by atoms with Crippen molar-refractivity contribution in [2.45, 2.75) is 19.8 Å². The lowest BCUT2D eigenvalue weighted by molar-refractivity contribution is 0.0945. The Bertz CT molecular complexity index is 501. The molecule has 3 N–H and O–H groups in total. The van der Waals surface area contributed by atoms with E-state index in [-0.39, 0.29) is 11.9 Å². The van der Waals surface area contributed by atoms with E-state index in [1.54, 1.807) is 0 Å². The zero-order valence-corrected chi connectivity index (χ0v) is 10.4. The number of amides is 1. The van der Waals surface area contributed by atoms with E-state index in [0.29, 0.717) is 23.8 Å². The summed E-state index contributed by atoms with van der Waals surface area (Å²) in [5.41, 5.74) is 7.14. The van der Waals surface area contributed by atoms with E-state index in [1.165, 1.54) is 0 Å². The van der Waals surface area contributed by atoms with Gasteiger partial charge in [0.1, 0.15) is 11.4 Å². The number of aromatic nitrogens is 2. The molecule has 1 aromatic rings. The molecule has 96 valence electrons. The summed E-state index contributed by atoms with van der Waals surface area (Å²) in [5.74, 6) is 1.52. The second-order valence-electron chi connectivity index (χ2n) is 5.07. The van der Waals surface area contributed by atoms with E-state index in [2.05, 4.69) is 27.1 Å². The standard InChI is InChI=1S/C12H17N5O/c1-7-3-5-17(6-7)10-9-8(15-12(13)16-10)2-4-14-11(9)18/h7H,2-6H2,1H3,(H,14,18)(H2,13,15,16). The number of hydrogen-bond donors (Lipinski definition) is 2. The van der Waals surface area contributed by atoms with Crippen molar-refractivity contribution in [3.63, 3.8) is 0 Å². The van der Waals surface area contributed by atoms with Gasteiger partial charge in [0.2, 0.25) is 5.95 Å². The average molecular weight is 247 g/mol. The average Bonchev–Trinajstić information content (AvgIpc) is 2.75. The van der Waals surface area contributed by atoms with Crippen LogP contribution in [-0.2, 0) is 6.42 Å². The Morgan fingerprint density at radius 3 is 3.00 bits per heavy atom. The summed E-state index contributed by atoms with van der Waals surface area (Å²) in [6, 6.07) is 0. The minimum absolute atomic E-state index is 0.0780. The zero-order chi connectivity index (χ0) is 12.7. The zero-order valence-electron chi connectivity index (χ0n) is 10.4. The monoisotopic (exact) mass is 247 g/mol. The second kappa shape index (κ2) is 4.12. The molecular weight excluding hydrogens is 230 g/mol. The highest BCUT2D eigenvalue weighted by Crippen LogP contribution is 2.28. The number of carbonyl (C=O) groups is 1. The number of rotatable bonds is 1. The van der Waals surface area contributed by atoms with Gasteiger partial charge >= 0.3 is 0 Å². The van der Waals surface area contributed by atoms with Gasteiger partial charge in [0.05, 0.1) is 5.69 Å². The van der Waals surface area contributed by atoms with Crippen LogP contribution in [0.5, 0.6) is 0 Å². The third-order valence-electron chi connectivity index (χ3n) is 3.58. The Morgan fingerprint density at radius 1 is 1.44 bits per heavy atom. The van der Waals surface area contributed by atoms with Crippen molar-refractivity contribution in [1.82, 2.24) is 15.3 Å². The largest absolute Gasteiger partial charge is 0.368 e. The lowest BCUT2D eigenvalue weighted by atomic mass is 10.1. The number of nitrogen functional groups attached to an aromatic ring is 1. The van der Waals surface area contributed by atoms with Crippen molar-refractivity contribution in [3.8, 4) is 0 Å². The first kappa shape index (κ1) is 11.3. The minimum atomic E-state index is -0.0780. The molecular formula is C12H17N5O. The molecule has 0 radical (unpaired) electrons. The predicted molar refractivity (Wildman–Crippen MR) is 68.5 cm³/mol. The first-order valence-electron chi connectivity index (χ1n) is 6.34. The summed E-state index contributed by atoms with van der Waals surface area (Å²) in [5, 5.41) is 2.85. The fourth-order valence-electron chi connectivity index (χ4n) is 2.67. The van der Waals surface area contributed by atoms with E-state index < -0.39 is 0 Å². The molecule has 1 atom stereocenters. The minimum Gasteiger partial charge on any atom is -0.368 e. The fourth-order valence-corrected chi connectivity index (χ4v) is 2.67. The molecule has 1 unspecified atom stereocenters.